The van der Waals surface area contributed by atoms with Gasteiger partial charge in [0.25, 0.3) is 5.91 Å². The molecule has 0 saturated carbocycles. The predicted molar refractivity (Wildman–Crippen MR) is 65.9 cm³/mol. The van der Waals surface area contributed by atoms with Gasteiger partial charge in [-0.2, -0.15) is 5.21 Å². The number of aromatic nitrogens is 4. The first-order chi connectivity index (χ1) is 8.58. The molecule has 94 valence electrons. The number of carbonyl (C=O) groups excluding carboxylic acids is 1. The van der Waals surface area contributed by atoms with Gasteiger partial charge in [-0.05, 0) is 25.1 Å². The molecule has 1 atom stereocenters. The normalized spacial score (nSPS) is 12.1. The minimum atomic E-state index is -0.405. The monoisotopic (exact) mass is 311 g/mol. The third-order valence-corrected chi connectivity index (χ3v) is 2.79. The van der Waals surface area contributed by atoms with Crippen molar-refractivity contribution in [2.75, 3.05) is 0 Å². The lowest BCUT2D eigenvalue weighted by molar-refractivity contribution is 0.0935. The highest BCUT2D eigenvalue weighted by atomic mass is 79.9. The van der Waals surface area contributed by atoms with E-state index in [4.69, 9.17) is 0 Å². The van der Waals surface area contributed by atoms with Crippen LogP contribution >= 0.6 is 15.9 Å². The molecule has 0 saturated heterocycles. The van der Waals surface area contributed by atoms with Crippen LogP contribution in [0.5, 0.6) is 5.75 Å². The van der Waals surface area contributed by atoms with Crippen LogP contribution in [0.25, 0.3) is 0 Å². The molecule has 0 radical (unpaired) electrons. The Morgan fingerprint density at radius 3 is 2.94 bits per heavy atom. The molecule has 1 aromatic heterocycles. The fourth-order valence-corrected chi connectivity index (χ4v) is 1.74. The first-order valence-corrected chi connectivity index (χ1v) is 5.90. The van der Waals surface area contributed by atoms with Gasteiger partial charge in [0.15, 0.2) is 5.82 Å². The van der Waals surface area contributed by atoms with Crippen LogP contribution < -0.4 is 5.32 Å². The number of nitrogens with zero attached hydrogens (tertiary/aromatic N) is 3. The second kappa shape index (κ2) is 5.13. The van der Waals surface area contributed by atoms with Crippen molar-refractivity contribution in [3.8, 4) is 5.75 Å². The zero-order valence-corrected chi connectivity index (χ0v) is 11.0. The maximum atomic E-state index is 11.9. The molecule has 18 heavy (non-hydrogen) atoms. The van der Waals surface area contributed by atoms with Crippen molar-refractivity contribution in [2.45, 2.75) is 13.0 Å². The molecule has 0 spiro atoms. The molecular formula is C10H10BrN5O2. The van der Waals surface area contributed by atoms with Crippen molar-refractivity contribution in [2.24, 2.45) is 0 Å². The Morgan fingerprint density at radius 2 is 2.33 bits per heavy atom. The Hall–Kier alpha value is -1.96. The van der Waals surface area contributed by atoms with Gasteiger partial charge in [-0.15, -0.1) is 10.2 Å². The smallest absolute Gasteiger partial charge is 0.255 e. The second-order valence-corrected chi connectivity index (χ2v) is 4.54. The maximum Gasteiger partial charge on any atom is 0.255 e. The molecule has 1 heterocycles. The zero-order chi connectivity index (χ0) is 13.1. The van der Waals surface area contributed by atoms with Crippen molar-refractivity contribution in [1.29, 1.82) is 0 Å². The molecule has 1 aromatic carbocycles. The molecule has 0 aliphatic rings. The van der Waals surface area contributed by atoms with Gasteiger partial charge in [-0.1, -0.05) is 21.1 Å². The number of aromatic hydroxyl groups is 1. The number of phenols is 1. The van der Waals surface area contributed by atoms with Crippen molar-refractivity contribution >= 4 is 21.8 Å². The highest BCUT2D eigenvalue weighted by Crippen LogP contribution is 2.22. The number of tetrazole rings is 1. The molecule has 0 bridgehead atoms. The number of benzene rings is 1. The van der Waals surface area contributed by atoms with Crippen molar-refractivity contribution < 1.29 is 9.90 Å². The van der Waals surface area contributed by atoms with Crippen molar-refractivity contribution in [1.82, 2.24) is 25.9 Å². The van der Waals surface area contributed by atoms with Crippen molar-refractivity contribution in [3.05, 3.63) is 34.1 Å². The van der Waals surface area contributed by atoms with Crippen LogP contribution in [0, 0.1) is 0 Å². The minimum absolute atomic E-state index is 0.0952. The number of carbonyl (C=O) groups is 1. The number of aromatic amines is 1. The summed E-state index contributed by atoms with van der Waals surface area (Å²) >= 11 is 3.20. The van der Waals surface area contributed by atoms with Gasteiger partial charge in [0.2, 0.25) is 0 Å². The summed E-state index contributed by atoms with van der Waals surface area (Å²) in [5, 5.41) is 25.6. The van der Waals surface area contributed by atoms with E-state index in [2.05, 4.69) is 41.9 Å². The fraction of sp³-hybridized carbons (Fsp3) is 0.200. The van der Waals surface area contributed by atoms with Gasteiger partial charge >= 0.3 is 0 Å². The highest BCUT2D eigenvalue weighted by molar-refractivity contribution is 9.10. The summed E-state index contributed by atoms with van der Waals surface area (Å²) in [4.78, 5) is 11.9. The Labute approximate surface area is 111 Å². The molecule has 2 aromatic rings. The van der Waals surface area contributed by atoms with Crippen LogP contribution in [0.4, 0.5) is 0 Å². The second-order valence-electron chi connectivity index (χ2n) is 3.63. The van der Waals surface area contributed by atoms with E-state index in [-0.39, 0.29) is 11.3 Å². The lowest BCUT2D eigenvalue weighted by Gasteiger charge is -2.10. The van der Waals surface area contributed by atoms with E-state index in [1.165, 1.54) is 12.1 Å². The van der Waals surface area contributed by atoms with E-state index in [0.29, 0.717) is 10.3 Å². The average Bonchev–Trinajstić information content (AvgIpc) is 2.81. The lowest BCUT2D eigenvalue weighted by atomic mass is 10.1. The molecule has 0 aliphatic carbocycles. The topological polar surface area (TPSA) is 104 Å². The Morgan fingerprint density at radius 1 is 1.56 bits per heavy atom. The van der Waals surface area contributed by atoms with Crippen LogP contribution in [-0.4, -0.2) is 31.6 Å². The number of hydrogen-bond donors (Lipinski definition) is 3. The van der Waals surface area contributed by atoms with Crippen LogP contribution in [0.3, 0.4) is 0 Å². The quantitative estimate of drug-likeness (QED) is 0.789. The molecule has 7 nitrogen and oxygen atoms in total. The molecule has 2 rings (SSSR count). The third-order valence-electron chi connectivity index (χ3n) is 2.30. The number of halogens is 1. The van der Waals surface area contributed by atoms with E-state index in [1.54, 1.807) is 13.0 Å². The summed E-state index contributed by atoms with van der Waals surface area (Å²) in [6.45, 7) is 1.72. The van der Waals surface area contributed by atoms with Crippen LogP contribution in [0.1, 0.15) is 29.1 Å². The van der Waals surface area contributed by atoms with Crippen LogP contribution in [-0.2, 0) is 0 Å². The first-order valence-electron chi connectivity index (χ1n) is 5.10. The summed E-state index contributed by atoms with van der Waals surface area (Å²) in [7, 11) is 0. The molecule has 3 N–H and O–H groups in total. The van der Waals surface area contributed by atoms with Crippen LogP contribution in [0.2, 0.25) is 0 Å². The summed E-state index contributed by atoms with van der Waals surface area (Å²) in [5.41, 5.74) is 0.188. The average molecular weight is 312 g/mol. The molecule has 1 unspecified atom stereocenters. The summed E-state index contributed by atoms with van der Waals surface area (Å²) in [6.07, 6.45) is 0. The Kier molecular flexibility index (Phi) is 3.56. The zero-order valence-electron chi connectivity index (χ0n) is 9.38. The number of rotatable bonds is 3. The molecular weight excluding hydrogens is 302 g/mol. The van der Waals surface area contributed by atoms with E-state index in [9.17, 15) is 9.90 Å². The number of phenolic OH excluding ortho intramolecular Hbond substituents is 1. The predicted octanol–water partition coefficient (Wildman–Crippen LogP) is 1.16. The van der Waals surface area contributed by atoms with Crippen molar-refractivity contribution in [3.63, 3.8) is 0 Å². The van der Waals surface area contributed by atoms with E-state index < -0.39 is 11.9 Å². The van der Waals surface area contributed by atoms with Gasteiger partial charge in [-0.25, -0.2) is 0 Å². The van der Waals surface area contributed by atoms with Gasteiger partial charge in [0.05, 0.1) is 11.6 Å². The van der Waals surface area contributed by atoms with Gasteiger partial charge < -0.3 is 10.4 Å². The van der Waals surface area contributed by atoms with E-state index in [1.807, 2.05) is 0 Å². The number of hydrogen-bond acceptors (Lipinski definition) is 5. The summed E-state index contributed by atoms with van der Waals surface area (Å²) in [5.74, 6) is -0.126. The van der Waals surface area contributed by atoms with E-state index in [0.717, 1.165) is 0 Å². The molecule has 0 fully saturated rings. The van der Waals surface area contributed by atoms with Gasteiger partial charge in [0.1, 0.15) is 5.75 Å². The first kappa shape index (κ1) is 12.5. The molecule has 0 aliphatic heterocycles. The Bertz CT molecular complexity index is 557. The standard InChI is InChI=1S/C10H10BrN5O2/c1-5(9-13-15-16-14-9)12-10(18)7-3-2-6(11)4-8(7)17/h2-5,17H,1H3,(H,12,18)(H,13,14,15,16). The third kappa shape index (κ3) is 2.65. The number of H-pyrrole nitrogens is 1. The van der Waals surface area contributed by atoms with Gasteiger partial charge in [0, 0.05) is 4.47 Å². The van der Waals surface area contributed by atoms with Crippen LogP contribution in [0.15, 0.2) is 22.7 Å². The van der Waals surface area contributed by atoms with Gasteiger partial charge in [-0.3, -0.25) is 4.79 Å². The molecule has 1 amide bonds. The maximum absolute atomic E-state index is 11.9. The lowest BCUT2D eigenvalue weighted by Crippen LogP contribution is -2.27. The SMILES string of the molecule is CC(NC(=O)c1ccc(Br)cc1O)c1nn[nH]n1. The minimum Gasteiger partial charge on any atom is -0.507 e. The largest absolute Gasteiger partial charge is 0.507 e. The molecule has 8 heteroatoms. The van der Waals surface area contributed by atoms with E-state index >= 15 is 0 Å². The fourth-order valence-electron chi connectivity index (χ4n) is 1.39. The Balaban J connectivity index is 2.12. The summed E-state index contributed by atoms with van der Waals surface area (Å²) in [6, 6.07) is 4.25. The summed E-state index contributed by atoms with van der Waals surface area (Å²) < 4.78 is 0.697. The number of amides is 1. The number of nitrogens with one attached hydrogen (secondary N) is 2. The highest BCUT2D eigenvalue weighted by Gasteiger charge is 2.17.